The van der Waals surface area contributed by atoms with Crippen LogP contribution in [0.1, 0.15) is 11.7 Å². The Bertz CT molecular complexity index is 842. The number of hydrogen-bond donors (Lipinski definition) is 3. The summed E-state index contributed by atoms with van der Waals surface area (Å²) in [7, 11) is 1.35. The average molecular weight is 399 g/mol. The molecule has 0 aliphatic carbocycles. The molecule has 0 heterocycles. The molecule has 0 bridgehead atoms. The lowest BCUT2D eigenvalue weighted by atomic mass is 10.1. The first-order valence-electron chi connectivity index (χ1n) is 8.71. The molecule has 3 N–H and O–H groups in total. The molecule has 1 unspecified atom stereocenters. The lowest BCUT2D eigenvalue weighted by Gasteiger charge is -2.17. The SMILES string of the molecule is CNC(=O)NC(=O)C(OC(=O)CNC(=O)COc1ccccc1)c1ccccc1. The molecule has 0 aliphatic heterocycles. The summed E-state index contributed by atoms with van der Waals surface area (Å²) in [6.45, 7) is -0.746. The first-order valence-corrected chi connectivity index (χ1v) is 8.71. The van der Waals surface area contributed by atoms with Crippen LogP contribution in [0.2, 0.25) is 0 Å². The maximum atomic E-state index is 12.3. The van der Waals surface area contributed by atoms with Crippen LogP contribution in [0.15, 0.2) is 60.7 Å². The summed E-state index contributed by atoms with van der Waals surface area (Å²) in [6.07, 6.45) is -1.35. The van der Waals surface area contributed by atoms with E-state index in [9.17, 15) is 19.2 Å². The van der Waals surface area contributed by atoms with E-state index in [4.69, 9.17) is 9.47 Å². The number of amides is 4. The lowest BCUT2D eigenvalue weighted by molar-refractivity contribution is -0.155. The molecule has 1 atom stereocenters. The van der Waals surface area contributed by atoms with Crippen LogP contribution >= 0.6 is 0 Å². The number of benzene rings is 2. The highest BCUT2D eigenvalue weighted by atomic mass is 16.5. The quantitative estimate of drug-likeness (QED) is 0.568. The summed E-state index contributed by atoms with van der Waals surface area (Å²) in [5, 5.41) is 6.66. The van der Waals surface area contributed by atoms with E-state index in [1.54, 1.807) is 54.6 Å². The Balaban J connectivity index is 1.89. The van der Waals surface area contributed by atoms with Crippen molar-refractivity contribution in [3.05, 3.63) is 66.2 Å². The second-order valence-corrected chi connectivity index (χ2v) is 5.73. The van der Waals surface area contributed by atoms with Crippen molar-refractivity contribution in [3.8, 4) is 5.75 Å². The van der Waals surface area contributed by atoms with Crippen LogP contribution in [0.25, 0.3) is 0 Å². The van der Waals surface area contributed by atoms with Gasteiger partial charge in [-0.15, -0.1) is 0 Å². The highest BCUT2D eigenvalue weighted by Crippen LogP contribution is 2.17. The number of rotatable bonds is 8. The number of carbonyl (C=O) groups excluding carboxylic acids is 4. The third kappa shape index (κ3) is 7.33. The normalized spacial score (nSPS) is 10.9. The van der Waals surface area contributed by atoms with Gasteiger partial charge in [0.2, 0.25) is 6.10 Å². The molecule has 0 spiro atoms. The van der Waals surface area contributed by atoms with Crippen molar-refractivity contribution in [2.24, 2.45) is 0 Å². The summed E-state index contributed by atoms with van der Waals surface area (Å²) in [5.74, 6) is -1.68. The Morgan fingerprint density at radius 2 is 1.55 bits per heavy atom. The highest BCUT2D eigenvalue weighted by Gasteiger charge is 2.26. The molecular weight excluding hydrogens is 378 g/mol. The van der Waals surface area contributed by atoms with Gasteiger partial charge in [0.25, 0.3) is 11.8 Å². The van der Waals surface area contributed by atoms with E-state index in [-0.39, 0.29) is 6.61 Å². The zero-order valence-electron chi connectivity index (χ0n) is 15.7. The molecule has 2 aromatic rings. The molecule has 0 aliphatic rings. The van der Waals surface area contributed by atoms with E-state index in [2.05, 4.69) is 16.0 Å². The molecule has 0 fully saturated rings. The van der Waals surface area contributed by atoms with Gasteiger partial charge in [0.05, 0.1) is 0 Å². The fourth-order valence-electron chi connectivity index (χ4n) is 2.20. The van der Waals surface area contributed by atoms with Gasteiger partial charge in [-0.3, -0.25) is 19.7 Å². The third-order valence-electron chi connectivity index (χ3n) is 3.60. The van der Waals surface area contributed by atoms with Crippen LogP contribution in [-0.4, -0.2) is 44.0 Å². The maximum absolute atomic E-state index is 12.3. The Labute approximate surface area is 167 Å². The Kier molecular flexibility index (Phi) is 8.18. The predicted octanol–water partition coefficient (Wildman–Crippen LogP) is 0.922. The lowest BCUT2D eigenvalue weighted by Crippen LogP contribution is -2.42. The number of carbonyl (C=O) groups is 4. The van der Waals surface area contributed by atoms with E-state index < -0.39 is 36.5 Å². The van der Waals surface area contributed by atoms with E-state index in [0.717, 1.165) is 0 Å². The zero-order chi connectivity index (χ0) is 21.1. The van der Waals surface area contributed by atoms with Crippen LogP contribution in [0.4, 0.5) is 4.79 Å². The number of esters is 1. The Hall–Kier alpha value is -3.88. The number of para-hydroxylation sites is 1. The molecular formula is C20H21N3O6. The minimum Gasteiger partial charge on any atom is -0.484 e. The van der Waals surface area contributed by atoms with Crippen LogP contribution in [-0.2, 0) is 19.1 Å². The fourth-order valence-corrected chi connectivity index (χ4v) is 2.20. The Morgan fingerprint density at radius 3 is 2.17 bits per heavy atom. The van der Waals surface area contributed by atoms with Crippen molar-refractivity contribution in [2.45, 2.75) is 6.10 Å². The Morgan fingerprint density at radius 1 is 0.931 bits per heavy atom. The van der Waals surface area contributed by atoms with Gasteiger partial charge >= 0.3 is 12.0 Å². The van der Waals surface area contributed by atoms with Gasteiger partial charge < -0.3 is 20.1 Å². The van der Waals surface area contributed by atoms with Gasteiger partial charge in [-0.2, -0.15) is 0 Å². The van der Waals surface area contributed by atoms with E-state index in [1.807, 2.05) is 6.07 Å². The van der Waals surface area contributed by atoms with Crippen molar-refractivity contribution < 1.29 is 28.7 Å². The largest absolute Gasteiger partial charge is 0.484 e. The molecule has 2 rings (SSSR count). The molecule has 9 heteroatoms. The van der Waals surface area contributed by atoms with Gasteiger partial charge in [0, 0.05) is 12.6 Å². The predicted molar refractivity (Wildman–Crippen MR) is 103 cm³/mol. The van der Waals surface area contributed by atoms with Gasteiger partial charge in [-0.1, -0.05) is 48.5 Å². The minimum atomic E-state index is -1.35. The van der Waals surface area contributed by atoms with Crippen LogP contribution < -0.4 is 20.7 Å². The fraction of sp³-hybridized carbons (Fsp3) is 0.200. The van der Waals surface area contributed by atoms with Crippen molar-refractivity contribution in [2.75, 3.05) is 20.2 Å². The second-order valence-electron chi connectivity index (χ2n) is 5.73. The maximum Gasteiger partial charge on any atom is 0.326 e. The molecule has 2 aromatic carbocycles. The first kappa shape index (κ1) is 21.4. The molecule has 152 valence electrons. The molecule has 9 nitrogen and oxygen atoms in total. The van der Waals surface area contributed by atoms with E-state index in [1.165, 1.54) is 7.05 Å². The third-order valence-corrected chi connectivity index (χ3v) is 3.60. The van der Waals surface area contributed by atoms with Crippen molar-refractivity contribution >= 4 is 23.8 Å². The number of imide groups is 1. The number of hydrogen-bond acceptors (Lipinski definition) is 6. The summed E-state index contributed by atoms with van der Waals surface area (Å²) < 4.78 is 10.4. The topological polar surface area (TPSA) is 123 Å². The molecule has 0 aromatic heterocycles. The van der Waals surface area contributed by atoms with Crippen LogP contribution in [0.3, 0.4) is 0 Å². The standard InChI is InChI=1S/C20H21N3O6/c1-21-20(27)23-19(26)18(14-8-4-2-5-9-14)29-17(25)12-22-16(24)13-28-15-10-6-3-7-11-15/h2-11,18H,12-13H2,1H3,(H,22,24)(H2,21,23,26,27). The number of ether oxygens (including phenoxy) is 2. The van der Waals surface area contributed by atoms with Gasteiger partial charge in [-0.25, -0.2) is 4.79 Å². The zero-order valence-corrected chi connectivity index (χ0v) is 15.7. The van der Waals surface area contributed by atoms with Crippen LogP contribution in [0, 0.1) is 0 Å². The molecule has 0 saturated heterocycles. The van der Waals surface area contributed by atoms with Crippen molar-refractivity contribution in [1.29, 1.82) is 0 Å². The average Bonchev–Trinajstić information content (AvgIpc) is 2.75. The van der Waals surface area contributed by atoms with Gasteiger partial charge in [0.1, 0.15) is 12.3 Å². The minimum absolute atomic E-state index is 0.281. The van der Waals surface area contributed by atoms with Crippen molar-refractivity contribution in [3.63, 3.8) is 0 Å². The number of urea groups is 1. The monoisotopic (exact) mass is 399 g/mol. The van der Waals surface area contributed by atoms with E-state index >= 15 is 0 Å². The highest BCUT2D eigenvalue weighted by molar-refractivity contribution is 5.97. The number of nitrogens with one attached hydrogen (secondary N) is 3. The van der Waals surface area contributed by atoms with Gasteiger partial charge in [-0.05, 0) is 12.1 Å². The first-order chi connectivity index (χ1) is 14.0. The smallest absolute Gasteiger partial charge is 0.326 e. The molecule has 29 heavy (non-hydrogen) atoms. The summed E-state index contributed by atoms with van der Waals surface area (Å²) in [4.78, 5) is 47.6. The molecule has 0 radical (unpaired) electrons. The van der Waals surface area contributed by atoms with Crippen molar-refractivity contribution in [1.82, 2.24) is 16.0 Å². The van der Waals surface area contributed by atoms with E-state index in [0.29, 0.717) is 11.3 Å². The summed E-state index contributed by atoms with van der Waals surface area (Å²) >= 11 is 0. The summed E-state index contributed by atoms with van der Waals surface area (Å²) in [6, 6.07) is 16.2. The van der Waals surface area contributed by atoms with Gasteiger partial charge in [0.15, 0.2) is 6.61 Å². The van der Waals surface area contributed by atoms with Crippen LogP contribution in [0.5, 0.6) is 5.75 Å². The summed E-state index contributed by atoms with van der Waals surface area (Å²) in [5.41, 5.74) is 0.376. The molecule has 0 saturated carbocycles. The second kappa shape index (κ2) is 11.1. The molecule has 4 amide bonds.